The van der Waals surface area contributed by atoms with Crippen LogP contribution >= 0.6 is 0 Å². The molecule has 3 aromatic heterocycles. The van der Waals surface area contributed by atoms with Crippen LogP contribution in [-0.4, -0.2) is 57.8 Å². The third kappa shape index (κ3) is 4.99. The van der Waals surface area contributed by atoms with Crippen LogP contribution in [0.4, 0.5) is 11.6 Å². The Hall–Kier alpha value is -3.65. The van der Waals surface area contributed by atoms with Gasteiger partial charge in [0.2, 0.25) is 5.95 Å². The van der Waals surface area contributed by atoms with Crippen LogP contribution in [0, 0.1) is 6.92 Å². The lowest BCUT2D eigenvalue weighted by atomic mass is 10.1. The summed E-state index contributed by atoms with van der Waals surface area (Å²) in [6, 6.07) is 14.1. The number of pyridine rings is 1. The highest BCUT2D eigenvalue weighted by atomic mass is 16.5. The average molecular weight is 487 g/mol. The number of hydrogen-bond donors (Lipinski definition) is 1. The van der Waals surface area contributed by atoms with Crippen LogP contribution in [0.1, 0.15) is 44.0 Å². The molecule has 1 aliphatic heterocycles. The van der Waals surface area contributed by atoms with Gasteiger partial charge in [-0.05, 0) is 63.1 Å². The smallest absolute Gasteiger partial charge is 0.229 e. The lowest BCUT2D eigenvalue weighted by molar-refractivity contribution is 0.111. The summed E-state index contributed by atoms with van der Waals surface area (Å²) in [5.74, 6) is 3.16. The molecule has 36 heavy (non-hydrogen) atoms. The molecule has 0 atom stereocenters. The first kappa shape index (κ1) is 24.1. The molecule has 0 bridgehead atoms. The topological polar surface area (TPSA) is 77.3 Å². The standard InChI is InChI=1S/C28H34N6O2/c1-18(2)23-7-6-8-26(31-23)34-19(3)15-20-17-29-28(32-27(20)34)30-21-9-10-24(25(16-21)35-5)36-22-11-13-33(4)14-12-22/h6-10,15-18,22H,11-14H2,1-5H3,(H,29,30,32). The molecule has 0 aliphatic carbocycles. The van der Waals surface area contributed by atoms with Crippen molar-refractivity contribution in [2.45, 2.75) is 45.6 Å². The van der Waals surface area contributed by atoms with Crippen molar-refractivity contribution in [3.05, 3.63) is 60.0 Å². The summed E-state index contributed by atoms with van der Waals surface area (Å²) < 4.78 is 14.0. The Kier molecular flexibility index (Phi) is 6.78. The number of nitrogens with one attached hydrogen (secondary N) is 1. The molecule has 4 heterocycles. The molecule has 8 nitrogen and oxygen atoms in total. The molecular formula is C28H34N6O2. The second-order valence-corrected chi connectivity index (χ2v) is 9.78. The van der Waals surface area contributed by atoms with Gasteiger partial charge in [0.15, 0.2) is 17.1 Å². The monoisotopic (exact) mass is 486 g/mol. The summed E-state index contributed by atoms with van der Waals surface area (Å²) in [5.41, 5.74) is 3.75. The van der Waals surface area contributed by atoms with E-state index < -0.39 is 0 Å². The van der Waals surface area contributed by atoms with E-state index in [2.05, 4.69) is 59.7 Å². The number of fused-ring (bicyclic) bond motifs is 1. The minimum Gasteiger partial charge on any atom is -0.493 e. The fourth-order valence-corrected chi connectivity index (χ4v) is 4.61. The fraction of sp³-hybridized carbons (Fsp3) is 0.393. The van der Waals surface area contributed by atoms with Gasteiger partial charge in [-0.1, -0.05) is 19.9 Å². The molecule has 5 rings (SSSR count). The van der Waals surface area contributed by atoms with E-state index in [4.69, 9.17) is 19.4 Å². The Labute approximate surface area is 212 Å². The van der Waals surface area contributed by atoms with E-state index in [9.17, 15) is 0 Å². The van der Waals surface area contributed by atoms with Crippen molar-refractivity contribution < 1.29 is 9.47 Å². The van der Waals surface area contributed by atoms with Crippen molar-refractivity contribution in [2.75, 3.05) is 32.6 Å². The molecule has 1 saturated heterocycles. The first-order valence-electron chi connectivity index (χ1n) is 12.5. The summed E-state index contributed by atoms with van der Waals surface area (Å²) in [7, 11) is 3.81. The Morgan fingerprint density at radius 3 is 2.58 bits per heavy atom. The largest absolute Gasteiger partial charge is 0.493 e. The molecule has 0 saturated carbocycles. The maximum atomic E-state index is 6.26. The average Bonchev–Trinajstić information content (AvgIpc) is 3.21. The molecule has 0 unspecified atom stereocenters. The van der Waals surface area contributed by atoms with E-state index in [1.165, 1.54) is 0 Å². The highest BCUT2D eigenvalue weighted by molar-refractivity contribution is 5.80. The number of anilines is 2. The maximum Gasteiger partial charge on any atom is 0.229 e. The number of hydrogen-bond acceptors (Lipinski definition) is 7. The Bertz CT molecular complexity index is 1360. The molecule has 1 fully saturated rings. The van der Waals surface area contributed by atoms with Crippen molar-refractivity contribution in [2.24, 2.45) is 0 Å². The normalized spacial score (nSPS) is 14.9. The van der Waals surface area contributed by atoms with Crippen LogP contribution in [-0.2, 0) is 0 Å². The first-order chi connectivity index (χ1) is 17.4. The van der Waals surface area contributed by atoms with Crippen LogP contribution in [0.3, 0.4) is 0 Å². The van der Waals surface area contributed by atoms with E-state index in [0.717, 1.165) is 65.6 Å². The number of likely N-dealkylation sites (tertiary alicyclic amines) is 1. The minimum absolute atomic E-state index is 0.207. The Balaban J connectivity index is 1.40. The molecule has 4 aromatic rings. The fourth-order valence-electron chi connectivity index (χ4n) is 4.61. The predicted molar refractivity (Wildman–Crippen MR) is 143 cm³/mol. The number of piperidine rings is 1. The van der Waals surface area contributed by atoms with Gasteiger partial charge in [0.05, 0.1) is 7.11 Å². The van der Waals surface area contributed by atoms with Crippen LogP contribution < -0.4 is 14.8 Å². The van der Waals surface area contributed by atoms with Crippen molar-refractivity contribution in [1.82, 2.24) is 24.4 Å². The zero-order valence-electron chi connectivity index (χ0n) is 21.7. The van der Waals surface area contributed by atoms with Gasteiger partial charge in [-0.2, -0.15) is 4.98 Å². The summed E-state index contributed by atoms with van der Waals surface area (Å²) in [6.07, 6.45) is 4.08. The molecule has 0 spiro atoms. The van der Waals surface area contributed by atoms with Crippen molar-refractivity contribution in [3.63, 3.8) is 0 Å². The third-order valence-electron chi connectivity index (χ3n) is 6.68. The first-order valence-corrected chi connectivity index (χ1v) is 12.5. The number of rotatable bonds is 7. The molecule has 1 aliphatic rings. The second kappa shape index (κ2) is 10.1. The molecule has 188 valence electrons. The quantitative estimate of drug-likeness (QED) is 0.371. The van der Waals surface area contributed by atoms with E-state index in [0.29, 0.717) is 17.6 Å². The van der Waals surface area contributed by atoms with E-state index >= 15 is 0 Å². The predicted octanol–water partition coefficient (Wildman–Crippen LogP) is 5.47. The lowest BCUT2D eigenvalue weighted by Crippen LogP contribution is -2.35. The van der Waals surface area contributed by atoms with Gasteiger partial charge in [-0.15, -0.1) is 0 Å². The number of ether oxygens (including phenoxy) is 2. The zero-order chi connectivity index (χ0) is 25.2. The SMILES string of the molecule is COc1cc(Nc2ncc3cc(C)n(-c4cccc(C(C)C)n4)c3n2)ccc1OC1CCN(C)CC1. The number of aromatic nitrogens is 4. The summed E-state index contributed by atoms with van der Waals surface area (Å²) in [6.45, 7) is 8.45. The molecule has 0 amide bonds. The third-order valence-corrected chi connectivity index (χ3v) is 6.68. The van der Waals surface area contributed by atoms with Crippen molar-refractivity contribution in [1.29, 1.82) is 0 Å². The Morgan fingerprint density at radius 2 is 1.83 bits per heavy atom. The number of nitrogens with zero attached hydrogens (tertiary/aromatic N) is 5. The van der Waals surface area contributed by atoms with Crippen molar-refractivity contribution >= 4 is 22.7 Å². The second-order valence-electron chi connectivity index (χ2n) is 9.78. The van der Waals surface area contributed by atoms with Gasteiger partial charge < -0.3 is 19.7 Å². The van der Waals surface area contributed by atoms with E-state index in [1.54, 1.807) is 7.11 Å². The molecule has 1 aromatic carbocycles. The zero-order valence-corrected chi connectivity index (χ0v) is 21.7. The van der Waals surface area contributed by atoms with Gasteiger partial charge in [0.25, 0.3) is 0 Å². The summed E-state index contributed by atoms with van der Waals surface area (Å²) in [4.78, 5) is 16.6. The Morgan fingerprint density at radius 1 is 1.03 bits per heavy atom. The summed E-state index contributed by atoms with van der Waals surface area (Å²) >= 11 is 0. The van der Waals surface area contributed by atoms with Gasteiger partial charge in [0.1, 0.15) is 11.9 Å². The number of benzene rings is 1. The lowest BCUT2D eigenvalue weighted by Gasteiger charge is -2.29. The van der Waals surface area contributed by atoms with Gasteiger partial charge >= 0.3 is 0 Å². The van der Waals surface area contributed by atoms with Gasteiger partial charge in [0, 0.05) is 47.8 Å². The number of aryl methyl sites for hydroxylation is 1. The van der Waals surface area contributed by atoms with Gasteiger partial charge in [-0.3, -0.25) is 4.57 Å². The van der Waals surface area contributed by atoms with Crippen LogP contribution in [0.25, 0.3) is 16.9 Å². The van der Waals surface area contributed by atoms with Gasteiger partial charge in [-0.25, -0.2) is 9.97 Å². The van der Waals surface area contributed by atoms with Crippen molar-refractivity contribution in [3.8, 4) is 17.3 Å². The summed E-state index contributed by atoms with van der Waals surface area (Å²) in [5, 5.41) is 4.29. The molecule has 0 radical (unpaired) electrons. The highest BCUT2D eigenvalue weighted by Crippen LogP contribution is 2.33. The van der Waals surface area contributed by atoms with Crippen LogP contribution in [0.5, 0.6) is 11.5 Å². The molecular weight excluding hydrogens is 452 g/mol. The maximum absolute atomic E-state index is 6.26. The highest BCUT2D eigenvalue weighted by Gasteiger charge is 2.20. The minimum atomic E-state index is 0.207. The molecule has 1 N–H and O–H groups in total. The van der Waals surface area contributed by atoms with Crippen LogP contribution in [0.2, 0.25) is 0 Å². The van der Waals surface area contributed by atoms with E-state index in [1.807, 2.05) is 36.5 Å². The number of methoxy groups -OCH3 is 1. The molecule has 8 heteroatoms. The van der Waals surface area contributed by atoms with E-state index in [-0.39, 0.29) is 6.10 Å². The van der Waals surface area contributed by atoms with Crippen LogP contribution in [0.15, 0.2) is 48.7 Å².